The molecule has 1 rings (SSSR count). The van der Waals surface area contributed by atoms with Gasteiger partial charge in [-0.2, -0.15) is 0 Å². The third-order valence-corrected chi connectivity index (χ3v) is 4.42. The maximum absolute atomic E-state index is 12.2. The molecule has 0 aliphatic heterocycles. The molecule has 21 heavy (non-hydrogen) atoms. The zero-order chi connectivity index (χ0) is 15.8. The highest BCUT2D eigenvalue weighted by atomic mass is 79.9. The molecular weight excluding hydrogens is 396 g/mol. The monoisotopic (exact) mass is 418 g/mol. The predicted molar refractivity (Wildman–Crippen MR) is 95.8 cm³/mol. The molecule has 0 saturated heterocycles. The summed E-state index contributed by atoms with van der Waals surface area (Å²) < 4.78 is 1.80. The van der Waals surface area contributed by atoms with Crippen molar-refractivity contribution in [3.8, 4) is 0 Å². The van der Waals surface area contributed by atoms with Crippen molar-refractivity contribution in [1.82, 2.24) is 10.2 Å². The SMILES string of the molecule is CCN(CC)CCCC(C)NC(=O)c1cc(Br)cc(Br)c1. The summed E-state index contributed by atoms with van der Waals surface area (Å²) in [4.78, 5) is 14.6. The van der Waals surface area contributed by atoms with E-state index in [0.717, 1.165) is 41.4 Å². The number of carbonyl (C=O) groups is 1. The molecule has 0 bridgehead atoms. The zero-order valence-electron chi connectivity index (χ0n) is 13.0. The number of halogens is 2. The van der Waals surface area contributed by atoms with Gasteiger partial charge in [0.15, 0.2) is 0 Å². The molecule has 1 atom stereocenters. The van der Waals surface area contributed by atoms with E-state index in [1.807, 2.05) is 18.2 Å². The Bertz CT molecular complexity index is 441. The number of hydrogen-bond donors (Lipinski definition) is 1. The van der Waals surface area contributed by atoms with E-state index in [0.29, 0.717) is 5.56 Å². The van der Waals surface area contributed by atoms with Crippen LogP contribution in [0, 0.1) is 0 Å². The van der Waals surface area contributed by atoms with Gasteiger partial charge in [-0.15, -0.1) is 0 Å². The number of benzene rings is 1. The first-order valence-electron chi connectivity index (χ1n) is 7.45. The van der Waals surface area contributed by atoms with Crippen LogP contribution in [0.2, 0.25) is 0 Å². The molecule has 0 fully saturated rings. The quantitative estimate of drug-likeness (QED) is 0.674. The molecule has 0 spiro atoms. The lowest BCUT2D eigenvalue weighted by Crippen LogP contribution is -2.33. The smallest absolute Gasteiger partial charge is 0.251 e. The van der Waals surface area contributed by atoms with Crippen molar-refractivity contribution >= 4 is 37.8 Å². The first kappa shape index (κ1) is 18.7. The van der Waals surface area contributed by atoms with Crippen LogP contribution in [0.5, 0.6) is 0 Å². The van der Waals surface area contributed by atoms with Gasteiger partial charge in [0.2, 0.25) is 0 Å². The Kier molecular flexibility index (Phi) is 8.52. The second kappa shape index (κ2) is 9.59. The fraction of sp³-hybridized carbons (Fsp3) is 0.562. The third-order valence-electron chi connectivity index (χ3n) is 3.51. The van der Waals surface area contributed by atoms with Crippen molar-refractivity contribution in [2.24, 2.45) is 0 Å². The molecule has 0 saturated carbocycles. The summed E-state index contributed by atoms with van der Waals surface area (Å²) in [5, 5.41) is 3.06. The Hall–Kier alpha value is -0.390. The van der Waals surface area contributed by atoms with Crippen LogP contribution in [-0.4, -0.2) is 36.5 Å². The van der Waals surface area contributed by atoms with Crippen LogP contribution >= 0.6 is 31.9 Å². The Balaban J connectivity index is 2.43. The van der Waals surface area contributed by atoms with Gasteiger partial charge in [0, 0.05) is 20.6 Å². The zero-order valence-corrected chi connectivity index (χ0v) is 16.1. The van der Waals surface area contributed by atoms with Gasteiger partial charge < -0.3 is 10.2 Å². The molecule has 0 heterocycles. The van der Waals surface area contributed by atoms with E-state index in [-0.39, 0.29) is 11.9 Å². The van der Waals surface area contributed by atoms with Gasteiger partial charge in [0.1, 0.15) is 0 Å². The number of nitrogens with one attached hydrogen (secondary N) is 1. The first-order chi connectivity index (χ1) is 9.96. The highest BCUT2D eigenvalue weighted by Gasteiger charge is 2.11. The number of rotatable bonds is 8. The number of carbonyl (C=O) groups excluding carboxylic acids is 1. The molecule has 1 amide bonds. The van der Waals surface area contributed by atoms with E-state index >= 15 is 0 Å². The van der Waals surface area contributed by atoms with Crippen molar-refractivity contribution < 1.29 is 4.79 Å². The Morgan fingerprint density at radius 3 is 2.29 bits per heavy atom. The van der Waals surface area contributed by atoms with Crippen LogP contribution in [0.25, 0.3) is 0 Å². The van der Waals surface area contributed by atoms with Gasteiger partial charge in [-0.3, -0.25) is 4.79 Å². The van der Waals surface area contributed by atoms with Crippen molar-refractivity contribution in [2.75, 3.05) is 19.6 Å². The molecule has 0 aliphatic carbocycles. The minimum absolute atomic E-state index is 0.0210. The lowest BCUT2D eigenvalue weighted by atomic mass is 10.1. The van der Waals surface area contributed by atoms with Crippen LogP contribution in [0.1, 0.15) is 44.0 Å². The Morgan fingerprint density at radius 2 is 1.76 bits per heavy atom. The normalized spacial score (nSPS) is 12.5. The second-order valence-corrected chi connectivity index (χ2v) is 7.03. The van der Waals surface area contributed by atoms with Gasteiger partial charge in [0.25, 0.3) is 5.91 Å². The summed E-state index contributed by atoms with van der Waals surface area (Å²) in [6.07, 6.45) is 2.10. The van der Waals surface area contributed by atoms with E-state index in [1.165, 1.54) is 0 Å². The first-order valence-corrected chi connectivity index (χ1v) is 9.04. The second-order valence-electron chi connectivity index (χ2n) is 5.20. The molecule has 1 unspecified atom stereocenters. The molecule has 1 N–H and O–H groups in total. The average Bonchev–Trinajstić information content (AvgIpc) is 2.42. The van der Waals surface area contributed by atoms with Crippen molar-refractivity contribution in [1.29, 1.82) is 0 Å². The molecule has 1 aromatic rings. The summed E-state index contributed by atoms with van der Waals surface area (Å²) in [7, 11) is 0. The van der Waals surface area contributed by atoms with Crippen molar-refractivity contribution in [3.05, 3.63) is 32.7 Å². The highest BCUT2D eigenvalue weighted by molar-refractivity contribution is 9.11. The standard InChI is InChI=1S/C16H24Br2N2O/c1-4-20(5-2)8-6-7-12(3)19-16(21)13-9-14(17)11-15(18)10-13/h9-12H,4-8H2,1-3H3,(H,19,21). The van der Waals surface area contributed by atoms with Crippen molar-refractivity contribution in [2.45, 2.75) is 39.7 Å². The summed E-state index contributed by atoms with van der Waals surface area (Å²) in [5.41, 5.74) is 0.673. The topological polar surface area (TPSA) is 32.3 Å². The maximum atomic E-state index is 12.2. The average molecular weight is 420 g/mol. The van der Waals surface area contributed by atoms with Crippen LogP contribution < -0.4 is 5.32 Å². The Morgan fingerprint density at radius 1 is 1.19 bits per heavy atom. The minimum Gasteiger partial charge on any atom is -0.350 e. The van der Waals surface area contributed by atoms with E-state index in [4.69, 9.17) is 0 Å². The van der Waals surface area contributed by atoms with E-state index in [1.54, 1.807) is 0 Å². The van der Waals surface area contributed by atoms with Gasteiger partial charge in [-0.25, -0.2) is 0 Å². The molecule has 5 heteroatoms. The molecule has 118 valence electrons. The molecule has 0 aliphatic rings. The van der Waals surface area contributed by atoms with Gasteiger partial charge in [0.05, 0.1) is 0 Å². The van der Waals surface area contributed by atoms with E-state index in [2.05, 4.69) is 62.8 Å². The predicted octanol–water partition coefficient (Wildman–Crippen LogP) is 4.45. The van der Waals surface area contributed by atoms with E-state index in [9.17, 15) is 4.79 Å². The number of amides is 1. The van der Waals surface area contributed by atoms with Gasteiger partial charge in [-0.05, 0) is 57.6 Å². The Labute approximate surface area is 144 Å². The molecular formula is C16H24Br2N2O. The molecule has 1 aromatic carbocycles. The summed E-state index contributed by atoms with van der Waals surface area (Å²) >= 11 is 6.81. The highest BCUT2D eigenvalue weighted by Crippen LogP contribution is 2.20. The van der Waals surface area contributed by atoms with Crippen molar-refractivity contribution in [3.63, 3.8) is 0 Å². The largest absolute Gasteiger partial charge is 0.350 e. The van der Waals surface area contributed by atoms with E-state index < -0.39 is 0 Å². The minimum atomic E-state index is -0.0210. The molecule has 0 radical (unpaired) electrons. The number of hydrogen-bond acceptors (Lipinski definition) is 2. The van der Waals surface area contributed by atoms with Gasteiger partial charge >= 0.3 is 0 Å². The van der Waals surface area contributed by atoms with Crippen LogP contribution in [0.3, 0.4) is 0 Å². The third kappa shape index (κ3) is 6.94. The van der Waals surface area contributed by atoms with Crippen LogP contribution in [0.4, 0.5) is 0 Å². The molecule has 0 aromatic heterocycles. The van der Waals surface area contributed by atoms with Crippen LogP contribution in [0.15, 0.2) is 27.1 Å². The van der Waals surface area contributed by atoms with Crippen LogP contribution in [-0.2, 0) is 0 Å². The summed E-state index contributed by atoms with van der Waals surface area (Å²) in [6, 6.07) is 5.78. The maximum Gasteiger partial charge on any atom is 0.251 e. The fourth-order valence-electron chi connectivity index (χ4n) is 2.23. The lowest BCUT2D eigenvalue weighted by Gasteiger charge is -2.19. The van der Waals surface area contributed by atoms with Gasteiger partial charge in [-0.1, -0.05) is 45.7 Å². The molecule has 3 nitrogen and oxygen atoms in total. The lowest BCUT2D eigenvalue weighted by molar-refractivity contribution is 0.0937. The summed E-state index contributed by atoms with van der Waals surface area (Å²) in [6.45, 7) is 9.69. The summed E-state index contributed by atoms with van der Waals surface area (Å²) in [5.74, 6) is -0.0210. The number of nitrogens with zero attached hydrogens (tertiary/aromatic N) is 1. The fourth-order valence-corrected chi connectivity index (χ4v) is 3.52.